The first kappa shape index (κ1) is 11.7. The second-order valence-electron chi connectivity index (χ2n) is 3.02. The highest BCUT2D eigenvalue weighted by atomic mass is 35.5. The zero-order chi connectivity index (χ0) is 10.6. The Morgan fingerprint density at radius 1 is 1.50 bits per heavy atom. The number of nitrogens with zero attached hydrogens (tertiary/aromatic N) is 3. The van der Waals surface area contributed by atoms with Gasteiger partial charge >= 0.3 is 0 Å². The summed E-state index contributed by atoms with van der Waals surface area (Å²) in [5, 5.41) is 8.14. The summed E-state index contributed by atoms with van der Waals surface area (Å²) in [6.45, 7) is 2.75. The monoisotopic (exact) mass is 235 g/mol. The predicted molar refractivity (Wildman–Crippen MR) is 58.0 cm³/mol. The molecule has 0 aliphatic heterocycles. The van der Waals surface area contributed by atoms with E-state index < -0.39 is 10.8 Å². The Morgan fingerprint density at radius 3 is 2.79 bits per heavy atom. The summed E-state index contributed by atoms with van der Waals surface area (Å²) in [6, 6.07) is 0. The molecule has 0 aromatic carbocycles. The number of aryl methyl sites for hydroxylation is 1. The van der Waals surface area contributed by atoms with E-state index in [9.17, 15) is 4.21 Å². The maximum Gasteiger partial charge on any atom is 0.225 e. The first-order chi connectivity index (χ1) is 6.65. The van der Waals surface area contributed by atoms with Gasteiger partial charge in [-0.2, -0.15) is 0 Å². The molecule has 0 bridgehead atoms. The largest absolute Gasteiger partial charge is 0.302 e. The molecule has 1 aromatic rings. The summed E-state index contributed by atoms with van der Waals surface area (Å²) >= 11 is 5.85. The quantitative estimate of drug-likeness (QED) is 0.772. The van der Waals surface area contributed by atoms with Crippen molar-refractivity contribution in [2.45, 2.75) is 26.3 Å². The molecule has 1 aromatic heterocycles. The van der Waals surface area contributed by atoms with Crippen LogP contribution in [-0.2, 0) is 23.8 Å². The zero-order valence-corrected chi connectivity index (χ0v) is 9.94. The fourth-order valence-electron chi connectivity index (χ4n) is 1.22. The average Bonchev–Trinajstić information content (AvgIpc) is 2.47. The van der Waals surface area contributed by atoms with Gasteiger partial charge in [0.05, 0.1) is 0 Å². The van der Waals surface area contributed by atoms with Crippen LogP contribution in [0.1, 0.15) is 19.2 Å². The van der Waals surface area contributed by atoms with E-state index in [1.54, 1.807) is 6.26 Å². The minimum absolute atomic E-state index is 0.420. The summed E-state index contributed by atoms with van der Waals surface area (Å²) in [6.07, 6.45) is 3.36. The van der Waals surface area contributed by atoms with Gasteiger partial charge in [-0.15, -0.1) is 10.2 Å². The molecule has 0 fully saturated rings. The maximum absolute atomic E-state index is 10.8. The van der Waals surface area contributed by atoms with Gasteiger partial charge in [-0.1, -0.05) is 6.92 Å². The Labute approximate surface area is 91.1 Å². The second kappa shape index (κ2) is 5.46. The van der Waals surface area contributed by atoms with Crippen LogP contribution in [0.25, 0.3) is 0 Å². The summed E-state index contributed by atoms with van der Waals surface area (Å²) in [7, 11) is -0.739. The number of hydrogen-bond donors (Lipinski definition) is 0. The molecule has 4 nitrogen and oxygen atoms in total. The fourth-order valence-corrected chi connectivity index (χ4v) is 1.98. The van der Waals surface area contributed by atoms with Crippen LogP contribution < -0.4 is 0 Å². The van der Waals surface area contributed by atoms with Gasteiger partial charge in [-0.3, -0.25) is 4.21 Å². The van der Waals surface area contributed by atoms with Gasteiger partial charge in [-0.05, 0) is 18.0 Å². The third-order valence-electron chi connectivity index (χ3n) is 1.91. The molecule has 0 radical (unpaired) electrons. The first-order valence-electron chi connectivity index (χ1n) is 4.52. The van der Waals surface area contributed by atoms with Crippen molar-refractivity contribution in [3.05, 3.63) is 11.1 Å². The van der Waals surface area contributed by atoms with E-state index in [1.807, 2.05) is 11.5 Å². The standard InChI is InChI=1S/C8H14ClN3OS/c1-3-7-10-11-8(9)12(7)5-4-6-14(2)13/h3-6H2,1-2H3. The Morgan fingerprint density at radius 2 is 2.21 bits per heavy atom. The highest BCUT2D eigenvalue weighted by Crippen LogP contribution is 2.09. The van der Waals surface area contributed by atoms with Crippen LogP contribution >= 0.6 is 11.6 Å². The molecular formula is C8H14ClN3OS. The third-order valence-corrected chi connectivity index (χ3v) is 3.06. The molecule has 0 N–H and O–H groups in total. The van der Waals surface area contributed by atoms with Crippen LogP contribution in [0.3, 0.4) is 0 Å². The topological polar surface area (TPSA) is 47.8 Å². The highest BCUT2D eigenvalue weighted by molar-refractivity contribution is 7.84. The van der Waals surface area contributed by atoms with Crippen LogP contribution in [0.5, 0.6) is 0 Å². The molecule has 0 spiro atoms. The average molecular weight is 236 g/mol. The van der Waals surface area contributed by atoms with Crippen molar-refractivity contribution in [3.8, 4) is 0 Å². The van der Waals surface area contributed by atoms with Crippen molar-refractivity contribution in [1.82, 2.24) is 14.8 Å². The Balaban J connectivity index is 2.56. The molecule has 1 rings (SSSR count). The molecule has 1 unspecified atom stereocenters. The summed E-state index contributed by atoms with van der Waals surface area (Å²) < 4.78 is 12.7. The molecule has 0 aliphatic rings. The molecule has 0 saturated carbocycles. The number of aromatic nitrogens is 3. The highest BCUT2D eigenvalue weighted by Gasteiger charge is 2.07. The number of halogens is 1. The maximum atomic E-state index is 10.8. The SMILES string of the molecule is CCc1nnc(Cl)n1CCCS(C)=O. The van der Waals surface area contributed by atoms with Crippen LogP contribution in [0.2, 0.25) is 5.28 Å². The predicted octanol–water partition coefficient (Wildman–Crippen LogP) is 1.26. The molecule has 0 saturated heterocycles. The Bertz CT molecular complexity index is 326. The van der Waals surface area contributed by atoms with E-state index in [2.05, 4.69) is 10.2 Å². The Kier molecular flexibility index (Phi) is 4.54. The molecule has 0 aliphatic carbocycles. The molecule has 1 heterocycles. The van der Waals surface area contributed by atoms with Crippen LogP contribution in [-0.4, -0.2) is 31.0 Å². The summed E-state index contributed by atoms with van der Waals surface area (Å²) in [4.78, 5) is 0. The van der Waals surface area contributed by atoms with Crippen molar-refractivity contribution < 1.29 is 4.21 Å². The van der Waals surface area contributed by atoms with Gasteiger partial charge in [0.2, 0.25) is 5.28 Å². The molecular weight excluding hydrogens is 222 g/mol. The Hall–Kier alpha value is -0.420. The first-order valence-corrected chi connectivity index (χ1v) is 6.63. The molecule has 0 amide bonds. The van der Waals surface area contributed by atoms with Crippen molar-refractivity contribution in [3.63, 3.8) is 0 Å². The van der Waals surface area contributed by atoms with Gasteiger partial charge in [0, 0.05) is 35.8 Å². The minimum Gasteiger partial charge on any atom is -0.302 e. The molecule has 80 valence electrons. The molecule has 1 atom stereocenters. The summed E-state index contributed by atoms with van der Waals surface area (Å²) in [5.74, 6) is 1.58. The van der Waals surface area contributed by atoms with Gasteiger partial charge in [0.1, 0.15) is 5.82 Å². The minimum atomic E-state index is -0.739. The van der Waals surface area contributed by atoms with Crippen molar-refractivity contribution in [1.29, 1.82) is 0 Å². The van der Waals surface area contributed by atoms with Crippen LogP contribution in [0.4, 0.5) is 0 Å². The lowest BCUT2D eigenvalue weighted by Gasteiger charge is -2.04. The van der Waals surface area contributed by atoms with E-state index in [-0.39, 0.29) is 0 Å². The normalized spacial score (nSPS) is 13.1. The van der Waals surface area contributed by atoms with Gasteiger partial charge in [-0.25, -0.2) is 0 Å². The lowest BCUT2D eigenvalue weighted by atomic mass is 10.4. The second-order valence-corrected chi connectivity index (χ2v) is 4.91. The fraction of sp³-hybridized carbons (Fsp3) is 0.750. The van der Waals surface area contributed by atoms with E-state index in [0.29, 0.717) is 11.0 Å². The third kappa shape index (κ3) is 3.06. The van der Waals surface area contributed by atoms with Crippen molar-refractivity contribution in [2.75, 3.05) is 12.0 Å². The van der Waals surface area contributed by atoms with E-state index in [0.717, 1.165) is 25.2 Å². The van der Waals surface area contributed by atoms with Gasteiger partial charge < -0.3 is 4.57 Å². The zero-order valence-electron chi connectivity index (χ0n) is 8.36. The number of hydrogen-bond acceptors (Lipinski definition) is 3. The van der Waals surface area contributed by atoms with E-state index in [1.165, 1.54) is 0 Å². The molecule has 14 heavy (non-hydrogen) atoms. The van der Waals surface area contributed by atoms with E-state index >= 15 is 0 Å². The summed E-state index contributed by atoms with van der Waals surface area (Å²) in [5.41, 5.74) is 0. The molecule has 6 heteroatoms. The lowest BCUT2D eigenvalue weighted by molar-refractivity contribution is 0.637. The van der Waals surface area contributed by atoms with Crippen LogP contribution in [0.15, 0.2) is 0 Å². The smallest absolute Gasteiger partial charge is 0.225 e. The lowest BCUT2D eigenvalue weighted by Crippen LogP contribution is -2.06. The van der Waals surface area contributed by atoms with Crippen molar-refractivity contribution >= 4 is 22.4 Å². The van der Waals surface area contributed by atoms with E-state index in [4.69, 9.17) is 11.6 Å². The van der Waals surface area contributed by atoms with Gasteiger partial charge in [0.15, 0.2) is 0 Å². The van der Waals surface area contributed by atoms with Gasteiger partial charge in [0.25, 0.3) is 0 Å². The number of rotatable bonds is 5. The van der Waals surface area contributed by atoms with Crippen LogP contribution in [0, 0.1) is 0 Å². The van der Waals surface area contributed by atoms with Crippen molar-refractivity contribution in [2.24, 2.45) is 0 Å².